The predicted octanol–water partition coefficient (Wildman–Crippen LogP) is 0.552. The molecular formula is C13H19N5O4S. The number of nitrogens with zero attached hydrogens (tertiary/aromatic N) is 5. The van der Waals surface area contributed by atoms with E-state index in [2.05, 4.69) is 10.1 Å². The molecule has 0 unspecified atom stereocenters. The van der Waals surface area contributed by atoms with E-state index >= 15 is 0 Å². The minimum atomic E-state index is -4.08. The van der Waals surface area contributed by atoms with E-state index in [4.69, 9.17) is 5.11 Å². The van der Waals surface area contributed by atoms with Gasteiger partial charge in [-0.2, -0.15) is 13.5 Å². The number of aromatic nitrogens is 4. The Labute approximate surface area is 134 Å². The Morgan fingerprint density at radius 3 is 2.61 bits per heavy atom. The van der Waals surface area contributed by atoms with Crippen LogP contribution in [0.4, 0.5) is 5.69 Å². The Kier molecular flexibility index (Phi) is 4.73. The van der Waals surface area contributed by atoms with E-state index in [9.17, 15) is 13.2 Å². The Balaban J connectivity index is 2.39. The Morgan fingerprint density at radius 2 is 2.09 bits per heavy atom. The van der Waals surface area contributed by atoms with Crippen molar-refractivity contribution in [3.05, 3.63) is 24.9 Å². The molecule has 2 aromatic rings. The first-order chi connectivity index (χ1) is 10.7. The first kappa shape index (κ1) is 17.0. The molecule has 0 spiro atoms. The monoisotopic (exact) mass is 341 g/mol. The smallest absolute Gasteiger partial charge is 0.324 e. The summed E-state index contributed by atoms with van der Waals surface area (Å²) in [5.74, 6) is -0.938. The van der Waals surface area contributed by atoms with Gasteiger partial charge in [0.1, 0.15) is 6.54 Å². The Bertz CT molecular complexity index is 793. The van der Waals surface area contributed by atoms with E-state index in [1.54, 1.807) is 11.6 Å². The molecule has 2 aromatic heterocycles. The molecule has 0 aliphatic heterocycles. The number of carboxylic acid groups (broad SMARTS) is 1. The van der Waals surface area contributed by atoms with Crippen molar-refractivity contribution in [2.45, 2.75) is 25.4 Å². The topological polar surface area (TPSA) is 110 Å². The predicted molar refractivity (Wildman–Crippen MR) is 82.4 cm³/mol. The van der Waals surface area contributed by atoms with Gasteiger partial charge in [-0.25, -0.2) is 4.98 Å². The number of rotatable bonds is 7. The summed E-state index contributed by atoms with van der Waals surface area (Å²) in [7, 11) is -2.47. The van der Waals surface area contributed by atoms with Gasteiger partial charge in [0.15, 0.2) is 5.03 Å². The molecule has 0 radical (unpaired) electrons. The van der Waals surface area contributed by atoms with Crippen molar-refractivity contribution in [1.82, 2.24) is 19.3 Å². The highest BCUT2D eigenvalue weighted by Gasteiger charge is 2.30. The molecule has 126 valence electrons. The highest BCUT2D eigenvalue weighted by atomic mass is 32.2. The third-order valence-electron chi connectivity index (χ3n) is 3.00. The molecular weight excluding hydrogens is 322 g/mol. The maximum absolute atomic E-state index is 12.7. The summed E-state index contributed by atoms with van der Waals surface area (Å²) in [4.78, 5) is 15.0. The second-order valence-electron chi connectivity index (χ2n) is 5.58. The van der Waals surface area contributed by atoms with Crippen LogP contribution in [0.1, 0.15) is 13.8 Å². The Hall–Kier alpha value is -2.36. The van der Waals surface area contributed by atoms with Crippen molar-refractivity contribution in [3.63, 3.8) is 0 Å². The fourth-order valence-electron chi connectivity index (χ4n) is 2.08. The molecule has 0 amide bonds. The van der Waals surface area contributed by atoms with Gasteiger partial charge in [-0.15, -0.1) is 0 Å². The zero-order valence-corrected chi connectivity index (χ0v) is 13.9. The highest BCUT2D eigenvalue weighted by Crippen LogP contribution is 2.22. The van der Waals surface area contributed by atoms with Crippen molar-refractivity contribution in [2.75, 3.05) is 10.8 Å². The summed E-state index contributed by atoms with van der Waals surface area (Å²) in [6.45, 7) is 3.92. The van der Waals surface area contributed by atoms with E-state index in [1.165, 1.54) is 29.6 Å². The van der Waals surface area contributed by atoms with Crippen LogP contribution < -0.4 is 4.31 Å². The first-order valence-electron chi connectivity index (χ1n) is 6.95. The SMILES string of the molecule is CC(C)Cn1cnc(S(=O)(=O)N(CC(=O)O)c2cnn(C)c2)c1. The number of hydrogen-bond acceptors (Lipinski definition) is 5. The van der Waals surface area contributed by atoms with E-state index in [0.717, 1.165) is 4.31 Å². The number of aryl methyl sites for hydroxylation is 1. The fourth-order valence-corrected chi connectivity index (χ4v) is 3.41. The van der Waals surface area contributed by atoms with Crippen molar-refractivity contribution in [2.24, 2.45) is 13.0 Å². The van der Waals surface area contributed by atoms with Crippen LogP contribution in [-0.2, 0) is 28.4 Å². The van der Waals surface area contributed by atoms with E-state index in [-0.39, 0.29) is 10.7 Å². The molecule has 0 saturated carbocycles. The average molecular weight is 341 g/mol. The van der Waals surface area contributed by atoms with Gasteiger partial charge in [0.05, 0.1) is 18.2 Å². The van der Waals surface area contributed by atoms with E-state index in [1.807, 2.05) is 13.8 Å². The minimum Gasteiger partial charge on any atom is -0.480 e. The first-order valence-corrected chi connectivity index (χ1v) is 8.39. The van der Waals surface area contributed by atoms with Crippen molar-refractivity contribution >= 4 is 21.7 Å². The number of hydrogen-bond donors (Lipinski definition) is 1. The number of sulfonamides is 1. The normalized spacial score (nSPS) is 11.8. The third kappa shape index (κ3) is 3.89. The molecule has 2 rings (SSSR count). The van der Waals surface area contributed by atoms with Crippen LogP contribution in [0.3, 0.4) is 0 Å². The second-order valence-corrected chi connectivity index (χ2v) is 7.39. The summed E-state index contributed by atoms with van der Waals surface area (Å²) in [6.07, 6.45) is 5.56. The third-order valence-corrected chi connectivity index (χ3v) is 4.66. The van der Waals surface area contributed by atoms with Crippen LogP contribution in [0.25, 0.3) is 0 Å². The maximum Gasteiger partial charge on any atom is 0.324 e. The zero-order valence-electron chi connectivity index (χ0n) is 13.1. The van der Waals surface area contributed by atoms with Gasteiger partial charge in [0, 0.05) is 26.0 Å². The number of imidazole rings is 1. The fraction of sp³-hybridized carbons (Fsp3) is 0.462. The molecule has 2 heterocycles. The molecule has 0 atom stereocenters. The van der Waals surface area contributed by atoms with Gasteiger partial charge >= 0.3 is 5.97 Å². The van der Waals surface area contributed by atoms with E-state index < -0.39 is 22.5 Å². The molecule has 9 nitrogen and oxygen atoms in total. The van der Waals surface area contributed by atoms with Crippen molar-refractivity contribution in [3.8, 4) is 0 Å². The number of carboxylic acids is 1. The lowest BCUT2D eigenvalue weighted by Crippen LogP contribution is -2.35. The summed E-state index contributed by atoms with van der Waals surface area (Å²) < 4.78 is 29.3. The second kappa shape index (κ2) is 6.41. The number of carbonyl (C=O) groups is 1. The molecule has 23 heavy (non-hydrogen) atoms. The quantitative estimate of drug-likeness (QED) is 0.787. The summed E-state index contributed by atoms with van der Waals surface area (Å²) in [5.41, 5.74) is 0.174. The van der Waals surface area contributed by atoms with Crippen LogP contribution in [-0.4, -0.2) is 45.4 Å². The largest absolute Gasteiger partial charge is 0.480 e. The van der Waals surface area contributed by atoms with Gasteiger partial charge in [-0.1, -0.05) is 13.8 Å². The van der Waals surface area contributed by atoms with Gasteiger partial charge in [-0.3, -0.25) is 13.8 Å². The molecule has 1 N–H and O–H groups in total. The molecule has 0 bridgehead atoms. The number of anilines is 1. The van der Waals surface area contributed by atoms with Crippen molar-refractivity contribution in [1.29, 1.82) is 0 Å². The molecule has 0 saturated heterocycles. The standard InChI is InChI=1S/C13H19N5O4S/c1-10(2)5-17-7-12(14-9-17)23(21,22)18(8-13(19)20)11-4-15-16(3)6-11/h4,6-7,9-10H,5,8H2,1-3H3,(H,19,20). The van der Waals surface area contributed by atoms with Gasteiger partial charge in [-0.05, 0) is 5.92 Å². The van der Waals surface area contributed by atoms with Crippen LogP contribution in [0, 0.1) is 5.92 Å². The molecule has 10 heteroatoms. The van der Waals surface area contributed by atoms with Gasteiger partial charge < -0.3 is 9.67 Å². The van der Waals surface area contributed by atoms with Crippen molar-refractivity contribution < 1.29 is 18.3 Å². The Morgan fingerprint density at radius 1 is 1.39 bits per heavy atom. The van der Waals surface area contributed by atoms with Crippen LogP contribution >= 0.6 is 0 Å². The summed E-state index contributed by atoms with van der Waals surface area (Å²) in [5, 5.41) is 12.7. The lowest BCUT2D eigenvalue weighted by Gasteiger charge is -2.19. The zero-order chi connectivity index (χ0) is 17.2. The van der Waals surface area contributed by atoms with Crippen LogP contribution in [0.2, 0.25) is 0 Å². The van der Waals surface area contributed by atoms with Crippen LogP contribution in [0.15, 0.2) is 29.9 Å². The highest BCUT2D eigenvalue weighted by molar-refractivity contribution is 7.92. The number of aliphatic carboxylic acids is 1. The molecule has 0 aliphatic carbocycles. The average Bonchev–Trinajstić information content (AvgIpc) is 3.04. The lowest BCUT2D eigenvalue weighted by atomic mass is 10.2. The maximum atomic E-state index is 12.7. The summed E-state index contributed by atoms with van der Waals surface area (Å²) >= 11 is 0. The molecule has 0 aromatic carbocycles. The summed E-state index contributed by atoms with van der Waals surface area (Å²) in [6, 6.07) is 0. The van der Waals surface area contributed by atoms with Gasteiger partial charge in [0.25, 0.3) is 10.0 Å². The molecule has 0 aliphatic rings. The van der Waals surface area contributed by atoms with E-state index in [0.29, 0.717) is 12.5 Å². The minimum absolute atomic E-state index is 0.174. The lowest BCUT2D eigenvalue weighted by molar-refractivity contribution is -0.135. The van der Waals surface area contributed by atoms with Gasteiger partial charge in [0.2, 0.25) is 0 Å². The van der Waals surface area contributed by atoms with Crippen LogP contribution in [0.5, 0.6) is 0 Å². The molecule has 0 fully saturated rings.